The molecule has 6 nitrogen and oxygen atoms in total. The summed E-state index contributed by atoms with van der Waals surface area (Å²) in [5.74, 6) is 0.816. The van der Waals surface area contributed by atoms with Crippen LogP contribution in [0.2, 0.25) is 0 Å². The van der Waals surface area contributed by atoms with Gasteiger partial charge in [0.15, 0.2) is 0 Å². The Kier molecular flexibility index (Phi) is 4.10. The zero-order chi connectivity index (χ0) is 15.6. The first-order valence-corrected chi connectivity index (χ1v) is 8.39. The van der Waals surface area contributed by atoms with Gasteiger partial charge >= 0.3 is 0 Å². The van der Waals surface area contributed by atoms with Crippen molar-refractivity contribution in [3.63, 3.8) is 0 Å². The van der Waals surface area contributed by atoms with E-state index in [1.807, 2.05) is 12.4 Å². The van der Waals surface area contributed by atoms with Crippen molar-refractivity contribution >= 4 is 0 Å². The van der Waals surface area contributed by atoms with Crippen molar-refractivity contribution in [2.24, 2.45) is 5.92 Å². The van der Waals surface area contributed by atoms with Crippen LogP contribution in [0.4, 0.5) is 0 Å². The van der Waals surface area contributed by atoms with E-state index in [-0.39, 0.29) is 6.04 Å². The molecule has 0 spiro atoms. The van der Waals surface area contributed by atoms with Crippen LogP contribution in [0.5, 0.6) is 0 Å². The molecule has 0 unspecified atom stereocenters. The van der Waals surface area contributed by atoms with E-state index in [9.17, 15) is 0 Å². The maximum atomic E-state index is 5.48. The van der Waals surface area contributed by atoms with Crippen LogP contribution in [0.3, 0.4) is 0 Å². The zero-order valence-corrected chi connectivity index (χ0v) is 13.6. The maximum absolute atomic E-state index is 5.48. The van der Waals surface area contributed by atoms with E-state index >= 15 is 0 Å². The molecule has 1 saturated carbocycles. The lowest BCUT2D eigenvalue weighted by atomic mass is 10.0. The number of fused-ring (bicyclic) bond motifs is 1. The molecule has 122 valence electrons. The summed E-state index contributed by atoms with van der Waals surface area (Å²) in [5, 5.41) is 8.93. The second-order valence-electron chi connectivity index (χ2n) is 6.59. The van der Waals surface area contributed by atoms with E-state index < -0.39 is 0 Å². The van der Waals surface area contributed by atoms with Gasteiger partial charge in [0, 0.05) is 45.6 Å². The summed E-state index contributed by atoms with van der Waals surface area (Å²) in [6, 6.07) is 4.33. The van der Waals surface area contributed by atoms with E-state index in [1.54, 1.807) is 7.11 Å². The van der Waals surface area contributed by atoms with Crippen LogP contribution in [0.25, 0.3) is 0 Å². The summed E-state index contributed by atoms with van der Waals surface area (Å²) in [5.41, 5.74) is 3.69. The molecule has 2 aromatic heterocycles. The van der Waals surface area contributed by atoms with E-state index in [4.69, 9.17) is 4.74 Å². The number of rotatable bonds is 6. The molecule has 1 aliphatic carbocycles. The topological polar surface area (TPSA) is 56.1 Å². The fourth-order valence-electron chi connectivity index (χ4n) is 3.39. The second-order valence-corrected chi connectivity index (χ2v) is 6.59. The van der Waals surface area contributed by atoms with Gasteiger partial charge in [-0.15, -0.1) is 5.10 Å². The molecule has 0 N–H and O–H groups in total. The first kappa shape index (κ1) is 14.8. The van der Waals surface area contributed by atoms with Gasteiger partial charge in [0.1, 0.15) is 5.69 Å². The summed E-state index contributed by atoms with van der Waals surface area (Å²) in [4.78, 5) is 6.54. The van der Waals surface area contributed by atoms with Crippen LogP contribution in [0.15, 0.2) is 24.5 Å². The first-order chi connectivity index (χ1) is 11.3. The third-order valence-corrected chi connectivity index (χ3v) is 4.85. The van der Waals surface area contributed by atoms with Gasteiger partial charge in [-0.1, -0.05) is 5.21 Å². The highest BCUT2D eigenvalue weighted by molar-refractivity contribution is 5.21. The largest absolute Gasteiger partial charge is 0.383 e. The molecule has 2 aliphatic rings. The van der Waals surface area contributed by atoms with Gasteiger partial charge < -0.3 is 4.74 Å². The van der Waals surface area contributed by atoms with Crippen LogP contribution in [0.1, 0.15) is 35.8 Å². The molecule has 6 heteroatoms. The molecular weight excluding hydrogens is 290 g/mol. The van der Waals surface area contributed by atoms with Gasteiger partial charge in [0.05, 0.1) is 18.3 Å². The van der Waals surface area contributed by atoms with E-state index in [0.29, 0.717) is 6.61 Å². The van der Waals surface area contributed by atoms with Gasteiger partial charge in [-0.3, -0.25) is 9.88 Å². The van der Waals surface area contributed by atoms with Crippen molar-refractivity contribution in [3.8, 4) is 0 Å². The standard InChI is InChI=1S/C17H23N5O/c1-23-12-16-17-15(22(20-19-17)11-13-2-3-13)6-9-21(16)10-14-4-7-18-8-5-14/h4-5,7-8,13,16H,2-3,6,9-12H2,1H3/t16-/m0/s1. The molecule has 3 heterocycles. The molecule has 0 aromatic carbocycles. The molecule has 2 aromatic rings. The number of ether oxygens (including phenoxy) is 1. The highest BCUT2D eigenvalue weighted by atomic mass is 16.5. The van der Waals surface area contributed by atoms with E-state index in [1.165, 1.54) is 24.1 Å². The summed E-state index contributed by atoms with van der Waals surface area (Å²) in [6.45, 7) is 3.60. The molecule has 0 saturated heterocycles. The van der Waals surface area contributed by atoms with Gasteiger partial charge in [-0.25, -0.2) is 4.68 Å². The number of nitrogens with zero attached hydrogens (tertiary/aromatic N) is 5. The lowest BCUT2D eigenvalue weighted by molar-refractivity contribution is 0.0749. The lowest BCUT2D eigenvalue weighted by Crippen LogP contribution is -2.38. The van der Waals surface area contributed by atoms with Crippen LogP contribution in [0, 0.1) is 5.92 Å². The molecular formula is C17H23N5O. The Morgan fingerprint density at radius 1 is 1.26 bits per heavy atom. The smallest absolute Gasteiger partial charge is 0.105 e. The van der Waals surface area contributed by atoms with Crippen LogP contribution in [-0.2, 0) is 24.2 Å². The van der Waals surface area contributed by atoms with Gasteiger partial charge in [-0.05, 0) is 36.5 Å². The third kappa shape index (κ3) is 3.14. The Bertz CT molecular complexity index is 652. The fraction of sp³-hybridized carbons (Fsp3) is 0.588. The molecule has 23 heavy (non-hydrogen) atoms. The fourth-order valence-corrected chi connectivity index (χ4v) is 3.39. The molecule has 0 bridgehead atoms. The van der Waals surface area contributed by atoms with Crippen LogP contribution >= 0.6 is 0 Å². The highest BCUT2D eigenvalue weighted by Crippen LogP contribution is 2.34. The van der Waals surface area contributed by atoms with Crippen LogP contribution < -0.4 is 0 Å². The van der Waals surface area contributed by atoms with Crippen molar-refractivity contribution in [2.75, 3.05) is 20.3 Å². The summed E-state index contributed by atoms with van der Waals surface area (Å²) in [6.07, 6.45) is 7.39. The minimum Gasteiger partial charge on any atom is -0.383 e. The molecule has 4 rings (SSSR count). The van der Waals surface area contributed by atoms with Gasteiger partial charge in [-0.2, -0.15) is 0 Å². The number of methoxy groups -OCH3 is 1. The number of hydrogen-bond donors (Lipinski definition) is 0. The van der Waals surface area contributed by atoms with Gasteiger partial charge in [0.2, 0.25) is 0 Å². The minimum absolute atomic E-state index is 0.185. The Hall–Kier alpha value is -1.79. The Morgan fingerprint density at radius 2 is 2.09 bits per heavy atom. The molecule has 0 radical (unpaired) electrons. The SMILES string of the molecule is COC[C@H]1c2nnn(CC3CC3)c2CCN1Cc1ccncc1. The third-order valence-electron chi connectivity index (χ3n) is 4.85. The number of pyridine rings is 1. The van der Waals surface area contributed by atoms with Crippen molar-refractivity contribution in [1.29, 1.82) is 0 Å². The van der Waals surface area contributed by atoms with Gasteiger partial charge in [0.25, 0.3) is 0 Å². The minimum atomic E-state index is 0.185. The number of hydrogen-bond acceptors (Lipinski definition) is 5. The monoisotopic (exact) mass is 313 g/mol. The van der Waals surface area contributed by atoms with Crippen molar-refractivity contribution < 1.29 is 4.74 Å². The number of aromatic nitrogens is 4. The molecule has 0 amide bonds. The predicted molar refractivity (Wildman–Crippen MR) is 85.7 cm³/mol. The summed E-state index contributed by atoms with van der Waals surface area (Å²) in [7, 11) is 1.76. The zero-order valence-electron chi connectivity index (χ0n) is 13.6. The summed E-state index contributed by atoms with van der Waals surface area (Å²) < 4.78 is 7.62. The lowest BCUT2D eigenvalue weighted by Gasteiger charge is -2.34. The Morgan fingerprint density at radius 3 is 2.83 bits per heavy atom. The average Bonchev–Trinajstić information content (AvgIpc) is 3.30. The van der Waals surface area contributed by atoms with Crippen molar-refractivity contribution in [1.82, 2.24) is 24.9 Å². The normalized spacial score (nSPS) is 21.3. The van der Waals surface area contributed by atoms with Crippen LogP contribution in [-0.4, -0.2) is 45.1 Å². The Labute approximate surface area is 136 Å². The average molecular weight is 313 g/mol. The highest BCUT2D eigenvalue weighted by Gasteiger charge is 2.33. The first-order valence-electron chi connectivity index (χ1n) is 8.39. The second kappa shape index (κ2) is 6.37. The summed E-state index contributed by atoms with van der Waals surface area (Å²) >= 11 is 0. The molecule has 1 aliphatic heterocycles. The van der Waals surface area contributed by atoms with E-state index in [2.05, 4.69) is 37.0 Å². The van der Waals surface area contributed by atoms with E-state index in [0.717, 1.165) is 37.7 Å². The van der Waals surface area contributed by atoms with Crippen molar-refractivity contribution in [3.05, 3.63) is 41.5 Å². The molecule has 1 fully saturated rings. The van der Waals surface area contributed by atoms with Crippen molar-refractivity contribution in [2.45, 2.75) is 38.4 Å². The Balaban J connectivity index is 1.56. The maximum Gasteiger partial charge on any atom is 0.105 e. The predicted octanol–water partition coefficient (Wildman–Crippen LogP) is 1.83. The quantitative estimate of drug-likeness (QED) is 0.814. The molecule has 1 atom stereocenters.